The van der Waals surface area contributed by atoms with Gasteiger partial charge in [-0.1, -0.05) is 0 Å². The number of fused-ring (bicyclic) bond motifs is 4. The minimum atomic E-state index is -0.949. The van der Waals surface area contributed by atoms with Gasteiger partial charge in [0.15, 0.2) is 12.4 Å². The highest BCUT2D eigenvalue weighted by atomic mass is 16.4. The van der Waals surface area contributed by atoms with Crippen LogP contribution in [0.25, 0.3) is 32.6 Å². The van der Waals surface area contributed by atoms with Crippen molar-refractivity contribution in [1.29, 1.82) is 0 Å². The highest BCUT2D eigenvalue weighted by Gasteiger charge is 2.15. The first-order valence-electron chi connectivity index (χ1n) is 10.9. The average Bonchev–Trinajstić information content (AvgIpc) is 3.17. The molecule has 32 heavy (non-hydrogen) atoms. The molecule has 0 fully saturated rings. The lowest BCUT2D eigenvalue weighted by Crippen LogP contribution is -2.32. The predicted octanol–water partition coefficient (Wildman–Crippen LogP) is 3.51. The first kappa shape index (κ1) is 21.5. The fourth-order valence-corrected chi connectivity index (χ4v) is 4.22. The second-order valence-corrected chi connectivity index (χ2v) is 7.92. The summed E-state index contributed by atoms with van der Waals surface area (Å²) in [6.45, 7) is 5.84. The van der Waals surface area contributed by atoms with Crippen molar-refractivity contribution in [3.63, 3.8) is 0 Å². The van der Waals surface area contributed by atoms with E-state index in [0.717, 1.165) is 44.8 Å². The lowest BCUT2D eigenvalue weighted by molar-refractivity contribution is -0.375. The first-order chi connectivity index (χ1) is 15.5. The molecule has 0 unspecified atom stereocenters. The zero-order valence-electron chi connectivity index (χ0n) is 18.4. The number of nitrogens with one attached hydrogen (secondary N) is 3. The molecule has 0 aliphatic carbocycles. The summed E-state index contributed by atoms with van der Waals surface area (Å²) in [5, 5.41) is 16.7. The third-order valence-corrected chi connectivity index (χ3v) is 5.93. The number of carboxylic acids is 1. The summed E-state index contributed by atoms with van der Waals surface area (Å²) in [4.78, 5) is 35.8. The van der Waals surface area contributed by atoms with E-state index in [1.54, 1.807) is 4.90 Å². The van der Waals surface area contributed by atoms with E-state index in [0.29, 0.717) is 19.6 Å². The van der Waals surface area contributed by atoms with E-state index in [-0.39, 0.29) is 18.7 Å². The van der Waals surface area contributed by atoms with Crippen molar-refractivity contribution in [3.05, 3.63) is 42.4 Å². The van der Waals surface area contributed by atoms with Crippen LogP contribution < -0.4 is 10.3 Å². The van der Waals surface area contributed by atoms with Crippen LogP contribution in [0.1, 0.15) is 31.7 Å². The molecule has 0 spiro atoms. The molecule has 0 saturated carbocycles. The number of carboxylic acid groups (broad SMARTS) is 1. The van der Waals surface area contributed by atoms with Crippen LogP contribution in [0.15, 0.2) is 36.8 Å². The van der Waals surface area contributed by atoms with Gasteiger partial charge in [-0.15, -0.1) is 0 Å². The summed E-state index contributed by atoms with van der Waals surface area (Å²) in [7, 11) is 0. The van der Waals surface area contributed by atoms with E-state index >= 15 is 0 Å². The molecular formula is C24H28N5O3+. The number of carbonyl (C=O) groups excluding carboxylic acids is 1. The molecule has 8 heteroatoms. The van der Waals surface area contributed by atoms with Gasteiger partial charge < -0.3 is 20.3 Å². The number of rotatable bonds is 9. The van der Waals surface area contributed by atoms with Gasteiger partial charge in [-0.2, -0.15) is 0 Å². The molecule has 0 aliphatic heterocycles. The van der Waals surface area contributed by atoms with E-state index in [9.17, 15) is 9.59 Å². The Labute approximate surface area is 185 Å². The lowest BCUT2D eigenvalue weighted by Gasteiger charge is -2.21. The molecule has 0 radical (unpaired) electrons. The number of H-pyrrole nitrogens is 2. The van der Waals surface area contributed by atoms with Gasteiger partial charge in [0.2, 0.25) is 5.91 Å². The molecule has 0 atom stereocenters. The fourth-order valence-electron chi connectivity index (χ4n) is 4.22. The van der Waals surface area contributed by atoms with Gasteiger partial charge in [-0.3, -0.25) is 9.59 Å². The number of aliphatic carboxylic acids is 1. The number of carbonyl (C=O) groups is 2. The maximum absolute atomic E-state index is 12.2. The number of anilines is 1. The van der Waals surface area contributed by atoms with Crippen molar-refractivity contribution in [3.8, 4) is 0 Å². The van der Waals surface area contributed by atoms with Crippen LogP contribution in [0, 0.1) is 6.92 Å². The van der Waals surface area contributed by atoms with E-state index in [4.69, 9.17) is 5.11 Å². The molecule has 3 heterocycles. The molecule has 1 aromatic carbocycles. The Bertz CT molecular complexity index is 1300. The number of aromatic amines is 2. The summed E-state index contributed by atoms with van der Waals surface area (Å²) >= 11 is 0. The molecule has 4 rings (SSSR count). The Kier molecular flexibility index (Phi) is 6.20. The second kappa shape index (κ2) is 9.21. The van der Waals surface area contributed by atoms with Crippen LogP contribution in [-0.2, 0) is 9.59 Å². The summed E-state index contributed by atoms with van der Waals surface area (Å²) in [5.41, 5.74) is 3.40. The van der Waals surface area contributed by atoms with Gasteiger partial charge in [-0.05, 0) is 43.4 Å². The highest BCUT2D eigenvalue weighted by Crippen LogP contribution is 2.34. The van der Waals surface area contributed by atoms with E-state index in [1.807, 2.05) is 37.6 Å². The smallest absolute Gasteiger partial charge is 0.303 e. The van der Waals surface area contributed by atoms with Gasteiger partial charge >= 0.3 is 5.97 Å². The fraction of sp³-hybridized carbons (Fsp3) is 0.333. The molecule has 3 aromatic heterocycles. The standard InChI is InChI=1S/C24H27N5O3/c1-3-29(21(30)5-6-22(31)32)12-4-9-26-24-18-13-17-19-14-25-10-8-20(19)28-23(17)15(2)16(18)7-11-27-24/h7-8,10-11,13-14,28H,3-6,9,12H2,1-2H3,(H,26,27)(H,31,32)/p+1. The summed E-state index contributed by atoms with van der Waals surface area (Å²) in [6, 6.07) is 6.24. The zero-order chi connectivity index (χ0) is 22.7. The third-order valence-electron chi connectivity index (χ3n) is 5.93. The van der Waals surface area contributed by atoms with Crippen molar-refractivity contribution >= 4 is 50.3 Å². The van der Waals surface area contributed by atoms with E-state index in [1.165, 1.54) is 5.56 Å². The molecule has 4 aromatic rings. The van der Waals surface area contributed by atoms with Crippen LogP contribution in [0.3, 0.4) is 0 Å². The maximum atomic E-state index is 12.2. The van der Waals surface area contributed by atoms with Crippen molar-refractivity contribution in [2.24, 2.45) is 0 Å². The maximum Gasteiger partial charge on any atom is 0.303 e. The number of hydrogen-bond acceptors (Lipinski definition) is 4. The Morgan fingerprint density at radius 3 is 2.81 bits per heavy atom. The number of hydrogen-bond donors (Lipinski definition) is 3. The minimum Gasteiger partial charge on any atom is -0.481 e. The Morgan fingerprint density at radius 2 is 2.03 bits per heavy atom. The van der Waals surface area contributed by atoms with Crippen molar-refractivity contribution in [1.82, 2.24) is 14.9 Å². The number of amides is 1. The highest BCUT2D eigenvalue weighted by molar-refractivity contribution is 6.14. The molecule has 166 valence electrons. The van der Waals surface area contributed by atoms with Gasteiger partial charge in [0.05, 0.1) is 22.8 Å². The number of pyridine rings is 2. The van der Waals surface area contributed by atoms with Gasteiger partial charge in [-0.25, -0.2) is 9.97 Å². The predicted molar refractivity (Wildman–Crippen MR) is 125 cm³/mol. The molecule has 0 bridgehead atoms. The first-order valence-corrected chi connectivity index (χ1v) is 10.9. The Hall–Kier alpha value is -3.68. The van der Waals surface area contributed by atoms with Gasteiger partial charge in [0.1, 0.15) is 5.82 Å². The summed E-state index contributed by atoms with van der Waals surface area (Å²) < 4.78 is 0. The summed E-state index contributed by atoms with van der Waals surface area (Å²) in [6.07, 6.45) is 6.38. The van der Waals surface area contributed by atoms with Crippen LogP contribution >= 0.6 is 0 Å². The summed E-state index contributed by atoms with van der Waals surface area (Å²) in [5.74, 6) is -0.245. The van der Waals surface area contributed by atoms with Crippen molar-refractivity contribution < 1.29 is 19.7 Å². The quantitative estimate of drug-likeness (QED) is 0.349. The van der Waals surface area contributed by atoms with E-state index in [2.05, 4.69) is 33.3 Å². The molecule has 8 nitrogen and oxygen atoms in total. The minimum absolute atomic E-state index is 0.0405. The molecule has 1 amide bonds. The Morgan fingerprint density at radius 1 is 1.19 bits per heavy atom. The second-order valence-electron chi connectivity index (χ2n) is 7.92. The van der Waals surface area contributed by atoms with Gasteiger partial charge in [0, 0.05) is 49.1 Å². The van der Waals surface area contributed by atoms with Crippen molar-refractivity contribution in [2.75, 3.05) is 25.0 Å². The van der Waals surface area contributed by atoms with Crippen LogP contribution in [0.4, 0.5) is 5.82 Å². The third kappa shape index (κ3) is 4.21. The van der Waals surface area contributed by atoms with E-state index < -0.39 is 5.97 Å². The van der Waals surface area contributed by atoms with Gasteiger partial charge in [0.25, 0.3) is 0 Å². The lowest BCUT2D eigenvalue weighted by atomic mass is 10.0. The normalized spacial score (nSPS) is 11.3. The van der Waals surface area contributed by atoms with Crippen molar-refractivity contribution in [2.45, 2.75) is 33.1 Å². The topological polar surface area (TPSA) is 112 Å². The molecule has 4 N–H and O–H groups in total. The number of benzene rings is 1. The average molecular weight is 435 g/mol. The van der Waals surface area contributed by atoms with Crippen LogP contribution in [0.5, 0.6) is 0 Å². The monoisotopic (exact) mass is 434 g/mol. The van der Waals surface area contributed by atoms with Crippen LogP contribution in [-0.4, -0.2) is 51.5 Å². The van der Waals surface area contributed by atoms with Crippen LogP contribution in [0.2, 0.25) is 0 Å². The Balaban J connectivity index is 1.51. The zero-order valence-corrected chi connectivity index (χ0v) is 18.4. The number of aryl methyl sites for hydroxylation is 1. The molecule has 0 aliphatic rings. The molecular weight excluding hydrogens is 406 g/mol. The largest absolute Gasteiger partial charge is 0.481 e. The molecule has 0 saturated heterocycles. The SMILES string of the molecule is CCN(CCCNc1nccc2c(C)c3[nH]c4cc[nH+]cc4c3cc12)C(=O)CCC(=O)O. The number of nitrogens with zero attached hydrogens (tertiary/aromatic N) is 2. The number of aromatic nitrogens is 3.